The second-order valence-electron chi connectivity index (χ2n) is 5.57. The topological polar surface area (TPSA) is 76.1 Å². The molecule has 0 rings (SSSR count). The number of rotatable bonds is 11. The monoisotopic (exact) mass is 337 g/mol. The van der Waals surface area contributed by atoms with Crippen molar-refractivity contribution >= 4 is 13.5 Å². The summed E-state index contributed by atoms with van der Waals surface area (Å²) in [5, 5.41) is 9.46. The minimum Gasteiger partial charge on any atom is -0.394 e. The van der Waals surface area contributed by atoms with Crippen LogP contribution in [-0.4, -0.2) is 53.5 Å². The zero-order valence-corrected chi connectivity index (χ0v) is 15.6. The summed E-state index contributed by atoms with van der Waals surface area (Å²) >= 11 is 0. The molecule has 0 aromatic carbocycles. The van der Waals surface area contributed by atoms with Gasteiger partial charge in [0.1, 0.15) is 0 Å². The lowest BCUT2D eigenvalue weighted by molar-refractivity contribution is -0.136. The van der Waals surface area contributed by atoms with Gasteiger partial charge in [0.25, 0.3) is 0 Å². The minimum absolute atomic E-state index is 0.0321. The van der Waals surface area contributed by atoms with Crippen LogP contribution in [0.5, 0.6) is 0 Å². The Balaban J connectivity index is 5.08. The number of hydrogen-bond acceptors (Lipinski definition) is 5. The van der Waals surface area contributed by atoms with Gasteiger partial charge >= 0.3 is 7.60 Å². The number of aliphatic hydroxyl groups is 1. The Labute approximate surface area is 134 Å². The normalized spacial score (nSPS) is 14.9. The smallest absolute Gasteiger partial charge is 0.333 e. The molecule has 6 nitrogen and oxygen atoms in total. The molecule has 0 saturated carbocycles. The Hall–Kier alpha value is -0.420. The Morgan fingerprint density at radius 3 is 1.95 bits per heavy atom. The Morgan fingerprint density at radius 1 is 1.14 bits per heavy atom. The second kappa shape index (κ2) is 10.4. The van der Waals surface area contributed by atoms with Crippen LogP contribution in [0.3, 0.4) is 0 Å². The van der Waals surface area contributed by atoms with E-state index in [1.807, 2.05) is 20.8 Å². The first-order chi connectivity index (χ1) is 10.3. The molecule has 22 heavy (non-hydrogen) atoms. The van der Waals surface area contributed by atoms with E-state index < -0.39 is 13.3 Å². The van der Waals surface area contributed by atoms with Gasteiger partial charge in [-0.05, 0) is 34.1 Å². The van der Waals surface area contributed by atoms with Gasteiger partial charge in [-0.25, -0.2) is 0 Å². The number of amides is 1. The molecule has 0 radical (unpaired) electrons. The van der Waals surface area contributed by atoms with Crippen LogP contribution in [0.2, 0.25) is 0 Å². The zero-order chi connectivity index (χ0) is 17.3. The minimum atomic E-state index is -3.29. The molecule has 0 aromatic heterocycles. The van der Waals surface area contributed by atoms with E-state index in [0.29, 0.717) is 6.42 Å². The molecule has 0 bridgehead atoms. The summed E-state index contributed by atoms with van der Waals surface area (Å²) in [6, 6.07) is -0.256. The number of aliphatic hydroxyl groups excluding tert-OH is 1. The molecular weight excluding hydrogens is 305 g/mol. The number of carbonyl (C=O) groups excluding carboxylic acids is 1. The van der Waals surface area contributed by atoms with Crippen molar-refractivity contribution in [1.82, 2.24) is 4.90 Å². The van der Waals surface area contributed by atoms with Crippen LogP contribution in [0.25, 0.3) is 0 Å². The van der Waals surface area contributed by atoms with Gasteiger partial charge in [-0.15, -0.1) is 0 Å². The quantitative estimate of drug-likeness (QED) is 0.587. The highest BCUT2D eigenvalue weighted by molar-refractivity contribution is 7.54. The highest BCUT2D eigenvalue weighted by Crippen LogP contribution is 2.54. The third kappa shape index (κ3) is 5.99. The predicted molar refractivity (Wildman–Crippen MR) is 88.1 cm³/mol. The van der Waals surface area contributed by atoms with Crippen LogP contribution in [0.15, 0.2) is 0 Å². The summed E-state index contributed by atoms with van der Waals surface area (Å²) in [4.78, 5) is 14.3. The van der Waals surface area contributed by atoms with Gasteiger partial charge in [0.15, 0.2) is 0 Å². The molecule has 0 aliphatic heterocycles. The molecule has 132 valence electrons. The lowest BCUT2D eigenvalue weighted by atomic mass is 10.1. The van der Waals surface area contributed by atoms with E-state index in [0.717, 1.165) is 0 Å². The Bertz CT molecular complexity index is 361. The van der Waals surface area contributed by atoms with Crippen molar-refractivity contribution in [2.24, 2.45) is 0 Å². The van der Waals surface area contributed by atoms with Crippen molar-refractivity contribution in [3.05, 3.63) is 0 Å². The highest BCUT2D eigenvalue weighted by Gasteiger charge is 2.36. The lowest BCUT2D eigenvalue weighted by Crippen LogP contribution is -2.47. The molecule has 0 spiro atoms. The summed E-state index contributed by atoms with van der Waals surface area (Å²) in [7, 11) is -3.29. The van der Waals surface area contributed by atoms with Gasteiger partial charge in [-0.1, -0.05) is 13.8 Å². The van der Waals surface area contributed by atoms with Gasteiger partial charge in [0.05, 0.1) is 31.5 Å². The first-order valence-corrected chi connectivity index (χ1v) is 9.69. The van der Waals surface area contributed by atoms with Gasteiger partial charge in [0, 0.05) is 12.5 Å². The molecular formula is C15H32NO5P. The number of nitrogens with zero attached hydrogens (tertiary/aromatic N) is 1. The van der Waals surface area contributed by atoms with E-state index in [1.54, 1.807) is 25.7 Å². The molecule has 2 atom stereocenters. The number of hydrogen-bond donors (Lipinski definition) is 1. The number of carbonyl (C=O) groups is 1. The van der Waals surface area contributed by atoms with E-state index in [4.69, 9.17) is 9.05 Å². The average molecular weight is 337 g/mol. The highest BCUT2D eigenvalue weighted by atomic mass is 31.2. The fraction of sp³-hybridized carbons (Fsp3) is 0.933. The molecule has 0 saturated heterocycles. The summed E-state index contributed by atoms with van der Waals surface area (Å²) in [5.74, 6) is -0.136. The zero-order valence-electron chi connectivity index (χ0n) is 14.7. The van der Waals surface area contributed by atoms with E-state index in [-0.39, 0.29) is 44.2 Å². The van der Waals surface area contributed by atoms with E-state index in [9.17, 15) is 14.5 Å². The summed E-state index contributed by atoms with van der Waals surface area (Å²) < 4.78 is 23.3. The summed E-state index contributed by atoms with van der Waals surface area (Å²) in [6.07, 6.45) is 0.745. The van der Waals surface area contributed by atoms with Crippen molar-refractivity contribution < 1.29 is 23.5 Å². The fourth-order valence-corrected chi connectivity index (χ4v) is 4.13. The summed E-state index contributed by atoms with van der Waals surface area (Å²) in [6.45, 7) is 11.4. The Morgan fingerprint density at radius 2 is 1.64 bits per heavy atom. The van der Waals surface area contributed by atoms with E-state index in [1.165, 1.54) is 0 Å². The van der Waals surface area contributed by atoms with Crippen molar-refractivity contribution in [3.63, 3.8) is 0 Å². The maximum atomic E-state index is 12.7. The predicted octanol–water partition coefficient (Wildman–Crippen LogP) is 3.04. The first kappa shape index (κ1) is 21.6. The van der Waals surface area contributed by atoms with Crippen LogP contribution in [0, 0.1) is 0 Å². The van der Waals surface area contributed by atoms with E-state index in [2.05, 4.69) is 0 Å². The molecule has 1 amide bonds. The Kier molecular flexibility index (Phi) is 10.2. The third-order valence-corrected chi connectivity index (χ3v) is 6.05. The molecule has 7 heteroatoms. The SMILES string of the molecule is CCOP(=O)(OCC)[C@H](C)CC(=O)N(C(C)C)[C@H](CC)CO. The maximum absolute atomic E-state index is 12.7. The largest absolute Gasteiger partial charge is 0.394 e. The van der Waals surface area contributed by atoms with Crippen molar-refractivity contribution in [2.45, 2.75) is 72.1 Å². The van der Waals surface area contributed by atoms with Crippen LogP contribution in [-0.2, 0) is 18.4 Å². The lowest BCUT2D eigenvalue weighted by Gasteiger charge is -2.35. The standard InChI is InChI=1S/C15H32NO5P/c1-7-14(11-17)16(12(4)5)15(18)10-13(6)22(19,20-8-2)21-9-3/h12-14,17H,7-11H2,1-6H3/t13-,14-/m1/s1. The molecule has 0 aliphatic rings. The van der Waals surface area contributed by atoms with Crippen molar-refractivity contribution in [1.29, 1.82) is 0 Å². The van der Waals surface area contributed by atoms with Gasteiger partial charge in [0.2, 0.25) is 5.91 Å². The molecule has 0 aliphatic carbocycles. The van der Waals surface area contributed by atoms with Crippen LogP contribution in [0.4, 0.5) is 0 Å². The maximum Gasteiger partial charge on any atom is 0.333 e. The van der Waals surface area contributed by atoms with Crippen LogP contribution < -0.4 is 0 Å². The molecule has 0 unspecified atom stereocenters. The average Bonchev–Trinajstić information content (AvgIpc) is 2.44. The molecule has 0 fully saturated rings. The molecule has 0 aromatic rings. The molecule has 0 heterocycles. The first-order valence-electron chi connectivity index (χ1n) is 8.08. The second-order valence-corrected chi connectivity index (χ2v) is 8.05. The van der Waals surface area contributed by atoms with Crippen LogP contribution in [0.1, 0.15) is 54.4 Å². The summed E-state index contributed by atoms with van der Waals surface area (Å²) in [5.41, 5.74) is -0.516. The van der Waals surface area contributed by atoms with Crippen molar-refractivity contribution in [3.8, 4) is 0 Å². The van der Waals surface area contributed by atoms with Crippen LogP contribution >= 0.6 is 7.60 Å². The van der Waals surface area contributed by atoms with Gasteiger partial charge in [-0.3, -0.25) is 9.36 Å². The molecule has 1 N–H and O–H groups in total. The fourth-order valence-electron chi connectivity index (χ4n) is 2.45. The third-order valence-electron chi connectivity index (χ3n) is 3.55. The van der Waals surface area contributed by atoms with Gasteiger partial charge < -0.3 is 19.1 Å². The van der Waals surface area contributed by atoms with Gasteiger partial charge in [-0.2, -0.15) is 0 Å². The van der Waals surface area contributed by atoms with Crippen molar-refractivity contribution in [2.75, 3.05) is 19.8 Å². The van der Waals surface area contributed by atoms with E-state index >= 15 is 0 Å².